The molecule has 2 aromatic carbocycles. The Morgan fingerprint density at radius 1 is 1.07 bits per heavy atom. The third-order valence-corrected chi connectivity index (χ3v) is 9.49. The number of carbonyl (C=O) groups is 1. The molecule has 2 aliphatic rings. The minimum Gasteiger partial charge on any atom is -0.331 e. The van der Waals surface area contributed by atoms with Crippen LogP contribution in [0.5, 0.6) is 0 Å². The van der Waals surface area contributed by atoms with Crippen molar-refractivity contribution in [1.29, 1.82) is 0 Å². The standard InChI is InChI=1S/C32H34N6O2S/c1-8-10-19-11-9-12-22-27(19)25-16-26(37(7)29(22)39)28-35-23-14-13-20(15-24(23)38(25)28)21-17-33-30(34-18-21)32(5,6)36-41(40)31(2,3)4/h9,11-15,17-18,25-26,36H,16H2,1-7H3/t25-,26-,41?/m1/s1/i7D3. The van der Waals surface area contributed by atoms with E-state index in [2.05, 4.69) is 31.1 Å². The Bertz CT molecular complexity index is 1900. The van der Waals surface area contributed by atoms with Gasteiger partial charge in [0.25, 0.3) is 5.91 Å². The highest BCUT2D eigenvalue weighted by Gasteiger charge is 2.44. The molecule has 8 nitrogen and oxygen atoms in total. The highest BCUT2D eigenvalue weighted by molar-refractivity contribution is 7.84. The van der Waals surface area contributed by atoms with Crippen molar-refractivity contribution < 1.29 is 13.1 Å². The zero-order chi connectivity index (χ0) is 31.8. The molecule has 6 rings (SSSR count). The predicted molar refractivity (Wildman–Crippen MR) is 161 cm³/mol. The summed E-state index contributed by atoms with van der Waals surface area (Å²) < 4.78 is 42.3. The monoisotopic (exact) mass is 569 g/mol. The van der Waals surface area contributed by atoms with Gasteiger partial charge in [0.2, 0.25) is 0 Å². The third-order valence-electron chi connectivity index (χ3n) is 7.68. The van der Waals surface area contributed by atoms with E-state index in [1.807, 2.05) is 58.9 Å². The van der Waals surface area contributed by atoms with Gasteiger partial charge in [0.15, 0.2) is 0 Å². The number of amides is 1. The minimum absolute atomic E-state index is 0.326. The number of rotatable bonds is 4. The molecule has 2 bridgehead atoms. The van der Waals surface area contributed by atoms with Crippen LogP contribution in [0.3, 0.4) is 0 Å². The van der Waals surface area contributed by atoms with Crippen molar-refractivity contribution in [1.82, 2.24) is 29.1 Å². The zero-order valence-electron chi connectivity index (χ0n) is 26.9. The number of aromatic nitrogens is 4. The number of fused-ring (bicyclic) bond motifs is 9. The first-order chi connectivity index (χ1) is 20.6. The summed E-state index contributed by atoms with van der Waals surface area (Å²) in [6.45, 7) is 8.60. The smallest absolute Gasteiger partial charge is 0.254 e. The van der Waals surface area contributed by atoms with Gasteiger partial charge >= 0.3 is 0 Å². The molecule has 1 unspecified atom stereocenters. The number of nitrogens with zero attached hydrogens (tertiary/aromatic N) is 5. The van der Waals surface area contributed by atoms with E-state index in [0.29, 0.717) is 34.7 Å². The van der Waals surface area contributed by atoms with Crippen LogP contribution in [0.15, 0.2) is 48.8 Å². The van der Waals surface area contributed by atoms with Gasteiger partial charge in [-0.25, -0.2) is 23.9 Å². The highest BCUT2D eigenvalue weighted by atomic mass is 32.2. The van der Waals surface area contributed by atoms with Crippen molar-refractivity contribution in [2.24, 2.45) is 0 Å². The average molecular weight is 570 g/mol. The van der Waals surface area contributed by atoms with Gasteiger partial charge in [-0.05, 0) is 71.4 Å². The van der Waals surface area contributed by atoms with Crippen LogP contribution in [0.1, 0.15) is 97.3 Å². The highest BCUT2D eigenvalue weighted by Crippen LogP contribution is 2.48. The summed E-state index contributed by atoms with van der Waals surface area (Å²) >= 11 is 0. The minimum atomic E-state index is -2.65. The second-order valence-electron chi connectivity index (χ2n) is 12.0. The number of benzene rings is 2. The van der Waals surface area contributed by atoms with Crippen molar-refractivity contribution in [2.75, 3.05) is 6.98 Å². The molecular weight excluding hydrogens is 532 g/mol. The van der Waals surface area contributed by atoms with Crippen LogP contribution in [0.4, 0.5) is 0 Å². The molecule has 0 aliphatic carbocycles. The number of nitrogens with one attached hydrogen (secondary N) is 1. The maximum atomic E-state index is 13.7. The van der Waals surface area contributed by atoms with Crippen LogP contribution >= 0.6 is 0 Å². The van der Waals surface area contributed by atoms with E-state index >= 15 is 0 Å². The van der Waals surface area contributed by atoms with Gasteiger partial charge in [-0.15, -0.1) is 5.92 Å². The maximum Gasteiger partial charge on any atom is 0.254 e. The van der Waals surface area contributed by atoms with Crippen LogP contribution in [-0.2, 0) is 16.5 Å². The van der Waals surface area contributed by atoms with Gasteiger partial charge in [-0.2, -0.15) is 0 Å². The van der Waals surface area contributed by atoms with Crippen molar-refractivity contribution in [3.8, 4) is 23.0 Å². The summed E-state index contributed by atoms with van der Waals surface area (Å²) in [5.41, 5.74) is 4.23. The summed E-state index contributed by atoms with van der Waals surface area (Å²) in [7, 11) is -1.30. The van der Waals surface area contributed by atoms with Gasteiger partial charge in [0.05, 0.1) is 44.4 Å². The Kier molecular flexibility index (Phi) is 5.58. The Morgan fingerprint density at radius 3 is 2.51 bits per heavy atom. The van der Waals surface area contributed by atoms with Gasteiger partial charge in [-0.3, -0.25) is 4.79 Å². The molecule has 1 amide bonds. The molecule has 2 aliphatic heterocycles. The number of hydrogen-bond acceptors (Lipinski definition) is 5. The van der Waals surface area contributed by atoms with E-state index in [4.69, 9.17) is 9.10 Å². The van der Waals surface area contributed by atoms with Crippen LogP contribution in [-0.4, -0.2) is 46.3 Å². The molecule has 0 radical (unpaired) electrons. The molecule has 2 aromatic heterocycles. The van der Waals surface area contributed by atoms with E-state index in [-0.39, 0.29) is 6.04 Å². The summed E-state index contributed by atoms with van der Waals surface area (Å²) in [5, 5.41) is 0. The lowest BCUT2D eigenvalue weighted by Crippen LogP contribution is -2.45. The van der Waals surface area contributed by atoms with Crippen LogP contribution in [0.2, 0.25) is 0 Å². The molecule has 210 valence electrons. The molecule has 9 heteroatoms. The van der Waals surface area contributed by atoms with Crippen LogP contribution in [0, 0.1) is 11.8 Å². The molecular formula is C32H34N6O2S. The van der Waals surface area contributed by atoms with Crippen LogP contribution in [0.25, 0.3) is 22.2 Å². The van der Waals surface area contributed by atoms with Crippen LogP contribution < -0.4 is 4.72 Å². The molecule has 0 saturated heterocycles. The third kappa shape index (κ3) is 4.46. The summed E-state index contributed by atoms with van der Waals surface area (Å²) in [6.07, 6.45) is 3.88. The summed E-state index contributed by atoms with van der Waals surface area (Å²) in [5.74, 6) is 6.60. The molecule has 0 saturated carbocycles. The fourth-order valence-corrected chi connectivity index (χ4v) is 6.46. The van der Waals surface area contributed by atoms with Gasteiger partial charge in [0, 0.05) is 52.2 Å². The van der Waals surface area contributed by atoms with Crippen molar-refractivity contribution in [3.63, 3.8) is 0 Å². The average Bonchev–Trinajstić information content (AvgIpc) is 3.44. The first-order valence-corrected chi connectivity index (χ1v) is 14.7. The fourth-order valence-electron chi connectivity index (χ4n) is 5.60. The predicted octanol–water partition coefficient (Wildman–Crippen LogP) is 5.27. The molecule has 41 heavy (non-hydrogen) atoms. The molecule has 0 spiro atoms. The second-order valence-corrected chi connectivity index (χ2v) is 14.0. The number of hydrogen-bond donors (Lipinski definition) is 1. The Labute approximate surface area is 247 Å². The van der Waals surface area contributed by atoms with E-state index in [1.54, 1.807) is 31.5 Å². The Hall–Kier alpha value is -3.87. The number of carbonyl (C=O) groups excluding carboxylic acids is 1. The summed E-state index contributed by atoms with van der Waals surface area (Å²) in [6, 6.07) is 10.1. The summed E-state index contributed by atoms with van der Waals surface area (Å²) in [4.78, 5) is 28.9. The SMILES string of the molecule is [2H]C([2H])([2H])N1C(=O)c2cccc(C#CC)c2[C@H]2C[C@@H]1c1nc3ccc(-c4cnc(C(C)(C)NS(=O)C(C)(C)C)nc4)cc3n12. The van der Waals surface area contributed by atoms with E-state index in [9.17, 15) is 9.00 Å². The zero-order valence-corrected chi connectivity index (χ0v) is 24.8. The number of imidazole rings is 1. The molecule has 3 atom stereocenters. The van der Waals surface area contributed by atoms with E-state index in [1.165, 1.54) is 0 Å². The maximum absolute atomic E-state index is 13.7. The Morgan fingerprint density at radius 2 is 1.83 bits per heavy atom. The molecule has 4 heterocycles. The molecule has 1 N–H and O–H groups in total. The normalized spacial score (nSPS) is 20.3. The lowest BCUT2D eigenvalue weighted by atomic mass is 9.93. The van der Waals surface area contributed by atoms with Gasteiger partial charge in [0.1, 0.15) is 11.6 Å². The molecule has 4 aromatic rings. The van der Waals surface area contributed by atoms with Crippen molar-refractivity contribution in [3.05, 3.63) is 77.1 Å². The molecule has 0 fully saturated rings. The van der Waals surface area contributed by atoms with Crippen molar-refractivity contribution >= 4 is 27.9 Å². The first-order valence-electron chi connectivity index (χ1n) is 15.1. The van der Waals surface area contributed by atoms with E-state index in [0.717, 1.165) is 27.1 Å². The van der Waals surface area contributed by atoms with E-state index < -0.39 is 40.2 Å². The fraction of sp³-hybridized carbons (Fsp3) is 0.375. The second kappa shape index (κ2) is 9.61. The van der Waals surface area contributed by atoms with Gasteiger partial charge in [-0.1, -0.05) is 18.1 Å². The quantitative estimate of drug-likeness (QED) is 0.338. The van der Waals surface area contributed by atoms with Gasteiger partial charge < -0.3 is 9.47 Å². The van der Waals surface area contributed by atoms with Crippen molar-refractivity contribution in [2.45, 2.75) is 70.3 Å². The lowest BCUT2D eigenvalue weighted by molar-refractivity contribution is 0.0734. The lowest BCUT2D eigenvalue weighted by Gasteiger charge is -2.28. The topological polar surface area (TPSA) is 93.0 Å². The Balaban J connectivity index is 1.45. The largest absolute Gasteiger partial charge is 0.331 e. The first kappa shape index (κ1) is 23.8.